The van der Waals surface area contributed by atoms with Crippen LogP contribution < -0.4 is 4.90 Å². The molecule has 104 valence electrons. The van der Waals surface area contributed by atoms with Gasteiger partial charge in [0.05, 0.1) is 0 Å². The zero-order chi connectivity index (χ0) is 14.5. The average Bonchev–Trinajstić information content (AvgIpc) is 2.46. The van der Waals surface area contributed by atoms with Crippen LogP contribution in [0.25, 0.3) is 11.1 Å². The van der Waals surface area contributed by atoms with Crippen LogP contribution in [0.2, 0.25) is 0 Å². The van der Waals surface area contributed by atoms with Crippen molar-refractivity contribution in [1.82, 2.24) is 9.97 Å². The lowest BCUT2D eigenvalue weighted by atomic mass is 10.1. The van der Waals surface area contributed by atoms with E-state index in [4.69, 9.17) is 0 Å². The topological polar surface area (TPSA) is 46.1 Å². The summed E-state index contributed by atoms with van der Waals surface area (Å²) in [5.74, 6) is 0.815. The minimum Gasteiger partial charge on any atom is -0.343 e. The Balaban J connectivity index is 2.09. The number of aryl methyl sites for hydroxylation is 1. The Hall–Kier alpha value is -2.23. The molecule has 0 aliphatic heterocycles. The van der Waals surface area contributed by atoms with Gasteiger partial charge in [0, 0.05) is 38.0 Å². The van der Waals surface area contributed by atoms with Gasteiger partial charge in [0.15, 0.2) is 0 Å². The van der Waals surface area contributed by atoms with Crippen LogP contribution in [0.15, 0.2) is 36.7 Å². The highest BCUT2D eigenvalue weighted by Gasteiger charge is 2.06. The van der Waals surface area contributed by atoms with E-state index in [9.17, 15) is 4.79 Å². The molecule has 0 bridgehead atoms. The zero-order valence-corrected chi connectivity index (χ0v) is 12.1. The smallest absolute Gasteiger partial charge is 0.225 e. The fourth-order valence-electron chi connectivity index (χ4n) is 1.84. The molecule has 0 N–H and O–H groups in total. The number of nitrogens with zero attached hydrogens (tertiary/aromatic N) is 3. The molecule has 1 heterocycles. The third-order valence-corrected chi connectivity index (χ3v) is 3.16. The van der Waals surface area contributed by atoms with Crippen molar-refractivity contribution < 1.29 is 4.79 Å². The van der Waals surface area contributed by atoms with Crippen LogP contribution in [0.3, 0.4) is 0 Å². The lowest BCUT2D eigenvalue weighted by Crippen LogP contribution is -2.22. The van der Waals surface area contributed by atoms with E-state index in [0.717, 1.165) is 11.1 Å². The Kier molecular flexibility index (Phi) is 4.45. The third kappa shape index (κ3) is 3.63. The van der Waals surface area contributed by atoms with E-state index in [1.807, 2.05) is 24.3 Å². The Morgan fingerprint density at radius 1 is 1.10 bits per heavy atom. The first-order valence-electron chi connectivity index (χ1n) is 6.66. The van der Waals surface area contributed by atoms with Gasteiger partial charge in [-0.05, 0) is 19.4 Å². The highest BCUT2D eigenvalue weighted by Crippen LogP contribution is 2.19. The highest BCUT2D eigenvalue weighted by molar-refractivity contribution is 5.76. The highest BCUT2D eigenvalue weighted by atomic mass is 16.1. The van der Waals surface area contributed by atoms with E-state index in [1.165, 1.54) is 5.56 Å². The average molecular weight is 269 g/mol. The molecule has 0 saturated carbocycles. The van der Waals surface area contributed by atoms with Crippen molar-refractivity contribution in [1.29, 1.82) is 0 Å². The number of aromatic nitrogens is 2. The number of anilines is 1. The SMILES string of the molecule is CC(=O)CCN(C)c1ncc(-c2ccc(C)cc2)cn1. The number of carbonyl (C=O) groups is 1. The molecule has 20 heavy (non-hydrogen) atoms. The predicted molar refractivity (Wildman–Crippen MR) is 80.8 cm³/mol. The number of hydrogen-bond acceptors (Lipinski definition) is 4. The third-order valence-electron chi connectivity index (χ3n) is 3.16. The maximum absolute atomic E-state index is 11.0. The van der Waals surface area contributed by atoms with Gasteiger partial charge in [-0.3, -0.25) is 4.79 Å². The standard InChI is InChI=1S/C16H19N3O/c1-12-4-6-14(7-5-12)15-10-17-16(18-11-15)19(3)9-8-13(2)20/h4-7,10-11H,8-9H2,1-3H3. The van der Waals surface area contributed by atoms with Gasteiger partial charge >= 0.3 is 0 Å². The summed E-state index contributed by atoms with van der Waals surface area (Å²) in [6.07, 6.45) is 4.15. The van der Waals surface area contributed by atoms with Crippen LogP contribution in [0.4, 0.5) is 5.95 Å². The van der Waals surface area contributed by atoms with E-state index < -0.39 is 0 Å². The lowest BCUT2D eigenvalue weighted by Gasteiger charge is -2.16. The van der Waals surface area contributed by atoms with Crippen molar-refractivity contribution in [3.05, 3.63) is 42.2 Å². The number of carbonyl (C=O) groups excluding carboxylic acids is 1. The molecule has 4 nitrogen and oxygen atoms in total. The Bertz CT molecular complexity index is 576. The van der Waals surface area contributed by atoms with Gasteiger partial charge in [-0.2, -0.15) is 0 Å². The van der Waals surface area contributed by atoms with Gasteiger partial charge in [0.2, 0.25) is 5.95 Å². The Morgan fingerprint density at radius 2 is 1.70 bits per heavy atom. The van der Waals surface area contributed by atoms with Crippen molar-refractivity contribution in [2.24, 2.45) is 0 Å². The minimum atomic E-state index is 0.174. The number of rotatable bonds is 5. The molecule has 0 aliphatic rings. The van der Waals surface area contributed by atoms with Gasteiger partial charge in [0.25, 0.3) is 0 Å². The van der Waals surface area contributed by atoms with Crippen LogP contribution in [0, 0.1) is 6.92 Å². The summed E-state index contributed by atoms with van der Waals surface area (Å²) >= 11 is 0. The maximum atomic E-state index is 11.0. The largest absolute Gasteiger partial charge is 0.343 e. The van der Waals surface area contributed by atoms with E-state index in [2.05, 4.69) is 41.2 Å². The summed E-state index contributed by atoms with van der Waals surface area (Å²) in [5, 5.41) is 0. The molecule has 0 radical (unpaired) electrons. The van der Waals surface area contributed by atoms with Crippen molar-refractivity contribution in [3.63, 3.8) is 0 Å². The molecule has 0 fully saturated rings. The molecule has 0 aliphatic carbocycles. The molecule has 0 atom stereocenters. The number of Topliss-reactive ketones (excluding diaryl/α,β-unsaturated/α-hetero) is 1. The monoisotopic (exact) mass is 269 g/mol. The van der Waals surface area contributed by atoms with Crippen molar-refractivity contribution in [2.75, 3.05) is 18.5 Å². The molecule has 0 saturated heterocycles. The predicted octanol–water partition coefficient (Wildman–Crippen LogP) is 2.87. The second kappa shape index (κ2) is 6.28. The minimum absolute atomic E-state index is 0.174. The Morgan fingerprint density at radius 3 is 2.25 bits per heavy atom. The number of ketones is 1. The van der Waals surface area contributed by atoms with Gasteiger partial charge in [-0.15, -0.1) is 0 Å². The first-order valence-corrected chi connectivity index (χ1v) is 6.66. The maximum Gasteiger partial charge on any atom is 0.225 e. The summed E-state index contributed by atoms with van der Waals surface area (Å²) in [4.78, 5) is 21.6. The second-order valence-corrected chi connectivity index (χ2v) is 5.01. The van der Waals surface area contributed by atoms with Crippen molar-refractivity contribution in [2.45, 2.75) is 20.3 Å². The van der Waals surface area contributed by atoms with E-state index in [0.29, 0.717) is 18.9 Å². The molecular weight excluding hydrogens is 250 g/mol. The zero-order valence-electron chi connectivity index (χ0n) is 12.1. The van der Waals surface area contributed by atoms with E-state index in [-0.39, 0.29) is 5.78 Å². The molecule has 1 aromatic heterocycles. The quantitative estimate of drug-likeness (QED) is 0.837. The molecule has 2 rings (SSSR count). The fraction of sp³-hybridized carbons (Fsp3) is 0.312. The summed E-state index contributed by atoms with van der Waals surface area (Å²) in [6, 6.07) is 8.27. The van der Waals surface area contributed by atoms with Crippen LogP contribution in [0.5, 0.6) is 0 Å². The first-order chi connectivity index (χ1) is 9.56. The van der Waals surface area contributed by atoms with Crippen molar-refractivity contribution in [3.8, 4) is 11.1 Å². The molecule has 1 aromatic carbocycles. The molecule has 4 heteroatoms. The molecular formula is C16H19N3O. The number of hydrogen-bond donors (Lipinski definition) is 0. The summed E-state index contributed by atoms with van der Waals surface area (Å²) in [7, 11) is 1.89. The van der Waals surface area contributed by atoms with Gasteiger partial charge in [0.1, 0.15) is 5.78 Å². The van der Waals surface area contributed by atoms with Crippen molar-refractivity contribution >= 4 is 11.7 Å². The normalized spacial score (nSPS) is 10.3. The van der Waals surface area contributed by atoms with Crippen LogP contribution in [0.1, 0.15) is 18.9 Å². The number of benzene rings is 1. The Labute approximate surface area is 119 Å². The van der Waals surface area contributed by atoms with E-state index in [1.54, 1.807) is 6.92 Å². The summed E-state index contributed by atoms with van der Waals surface area (Å²) in [5.41, 5.74) is 3.33. The van der Waals surface area contributed by atoms with Crippen LogP contribution in [-0.2, 0) is 4.79 Å². The molecule has 0 spiro atoms. The summed E-state index contributed by atoms with van der Waals surface area (Å²) in [6.45, 7) is 4.29. The lowest BCUT2D eigenvalue weighted by molar-refractivity contribution is -0.116. The van der Waals surface area contributed by atoms with Crippen LogP contribution in [-0.4, -0.2) is 29.3 Å². The molecule has 0 amide bonds. The fourth-order valence-corrected chi connectivity index (χ4v) is 1.84. The second-order valence-electron chi connectivity index (χ2n) is 5.01. The van der Waals surface area contributed by atoms with Gasteiger partial charge in [-0.1, -0.05) is 29.8 Å². The van der Waals surface area contributed by atoms with E-state index >= 15 is 0 Å². The summed E-state index contributed by atoms with van der Waals surface area (Å²) < 4.78 is 0. The molecule has 0 unspecified atom stereocenters. The molecule has 2 aromatic rings. The van der Waals surface area contributed by atoms with Gasteiger partial charge < -0.3 is 4.90 Å². The van der Waals surface area contributed by atoms with Gasteiger partial charge in [-0.25, -0.2) is 9.97 Å². The first kappa shape index (κ1) is 14.2. The van der Waals surface area contributed by atoms with Crippen LogP contribution >= 0.6 is 0 Å².